The molecule has 3 rings (SSSR count). The third kappa shape index (κ3) is 8.52. The highest BCUT2D eigenvalue weighted by molar-refractivity contribution is 7.62. The molecule has 2 aromatic carbocycles. The van der Waals surface area contributed by atoms with Gasteiger partial charge in [-0.1, -0.05) is 55.1 Å². The SMILES string of the molecule is CC(C)CN(c1ccc(OC(C)C(=O)N=S(=O)=O)cc1NC(=O)Cc1ccc(Cl)cc1F)C1CCCCC1. The molecule has 1 fully saturated rings. The van der Waals surface area contributed by atoms with E-state index in [9.17, 15) is 22.4 Å². The van der Waals surface area contributed by atoms with Crippen molar-refractivity contribution in [2.45, 2.75) is 71.4 Å². The molecule has 1 saturated carbocycles. The van der Waals surface area contributed by atoms with Gasteiger partial charge in [0.2, 0.25) is 5.91 Å². The van der Waals surface area contributed by atoms with Crippen LogP contribution in [0.3, 0.4) is 0 Å². The maximum atomic E-state index is 14.3. The summed E-state index contributed by atoms with van der Waals surface area (Å²) in [5, 5.41) is 3.14. The van der Waals surface area contributed by atoms with E-state index in [0.29, 0.717) is 17.6 Å². The number of anilines is 2. The lowest BCUT2D eigenvalue weighted by Gasteiger charge is -2.38. The number of hydrogen-bond acceptors (Lipinski definition) is 6. The normalized spacial score (nSPS) is 14.6. The van der Waals surface area contributed by atoms with Gasteiger partial charge in [-0.05, 0) is 55.5 Å². The summed E-state index contributed by atoms with van der Waals surface area (Å²) in [4.78, 5) is 27.3. The van der Waals surface area contributed by atoms with E-state index in [-0.39, 0.29) is 22.8 Å². The van der Waals surface area contributed by atoms with Gasteiger partial charge in [0.25, 0.3) is 0 Å². The summed E-state index contributed by atoms with van der Waals surface area (Å²) in [6.45, 7) is 6.42. The molecule has 0 radical (unpaired) electrons. The van der Waals surface area contributed by atoms with Gasteiger partial charge in [0.05, 0.1) is 17.8 Å². The fourth-order valence-electron chi connectivity index (χ4n) is 4.60. The van der Waals surface area contributed by atoms with E-state index in [0.717, 1.165) is 44.0 Å². The van der Waals surface area contributed by atoms with Gasteiger partial charge in [-0.25, -0.2) is 4.39 Å². The van der Waals surface area contributed by atoms with Crippen molar-refractivity contribution in [1.82, 2.24) is 0 Å². The van der Waals surface area contributed by atoms with Crippen molar-refractivity contribution in [3.63, 3.8) is 0 Å². The Kier molecular flexibility index (Phi) is 10.7. The Morgan fingerprint density at radius 2 is 1.84 bits per heavy atom. The van der Waals surface area contributed by atoms with Crippen LogP contribution in [0.4, 0.5) is 15.8 Å². The molecule has 206 valence electrons. The molecule has 2 amide bonds. The van der Waals surface area contributed by atoms with Crippen LogP contribution in [-0.2, 0) is 26.5 Å². The van der Waals surface area contributed by atoms with Crippen molar-refractivity contribution >= 4 is 45.3 Å². The van der Waals surface area contributed by atoms with Crippen molar-refractivity contribution in [3.8, 4) is 5.75 Å². The van der Waals surface area contributed by atoms with E-state index in [1.54, 1.807) is 12.1 Å². The highest BCUT2D eigenvalue weighted by Gasteiger charge is 2.26. The molecule has 0 spiro atoms. The van der Waals surface area contributed by atoms with Gasteiger partial charge in [-0.3, -0.25) is 9.59 Å². The van der Waals surface area contributed by atoms with E-state index >= 15 is 0 Å². The van der Waals surface area contributed by atoms with Gasteiger partial charge in [0.1, 0.15) is 11.6 Å². The van der Waals surface area contributed by atoms with Crippen molar-refractivity contribution in [2.24, 2.45) is 10.3 Å². The first-order chi connectivity index (χ1) is 18.0. The summed E-state index contributed by atoms with van der Waals surface area (Å²) in [5.41, 5.74) is 1.46. The number of ether oxygens (including phenoxy) is 1. The zero-order valence-corrected chi connectivity index (χ0v) is 23.3. The van der Waals surface area contributed by atoms with E-state index in [2.05, 4.69) is 28.4 Å². The molecule has 1 aliphatic carbocycles. The molecule has 38 heavy (non-hydrogen) atoms. The Morgan fingerprint density at radius 1 is 1.13 bits per heavy atom. The molecule has 0 saturated heterocycles. The summed E-state index contributed by atoms with van der Waals surface area (Å²) in [6.07, 6.45) is 4.16. The topological polar surface area (TPSA) is 105 Å². The molecule has 0 heterocycles. The number of amides is 2. The second-order valence-electron chi connectivity index (χ2n) is 9.88. The lowest BCUT2D eigenvalue weighted by atomic mass is 9.93. The van der Waals surface area contributed by atoms with Crippen LogP contribution in [0.1, 0.15) is 58.4 Å². The molecule has 1 N–H and O–H groups in total. The van der Waals surface area contributed by atoms with Gasteiger partial charge >= 0.3 is 16.4 Å². The lowest BCUT2D eigenvalue weighted by molar-refractivity contribution is -0.123. The van der Waals surface area contributed by atoms with Crippen LogP contribution in [0.15, 0.2) is 40.8 Å². The second-order valence-corrected chi connectivity index (χ2v) is 10.9. The number of carbonyl (C=O) groups excluding carboxylic acids is 2. The van der Waals surface area contributed by atoms with Gasteiger partial charge in [-0.15, -0.1) is 0 Å². The van der Waals surface area contributed by atoms with Crippen LogP contribution in [0.2, 0.25) is 5.02 Å². The molecule has 0 bridgehead atoms. The maximum absolute atomic E-state index is 14.3. The largest absolute Gasteiger partial charge is 0.481 e. The Balaban J connectivity index is 1.95. The quantitative estimate of drug-likeness (QED) is 0.389. The molecule has 11 heteroatoms. The van der Waals surface area contributed by atoms with E-state index in [4.69, 9.17) is 16.3 Å². The van der Waals surface area contributed by atoms with Gasteiger partial charge in [0, 0.05) is 23.7 Å². The van der Waals surface area contributed by atoms with Crippen LogP contribution in [0.25, 0.3) is 0 Å². The fourth-order valence-corrected chi connectivity index (χ4v) is 5.06. The van der Waals surface area contributed by atoms with Crippen molar-refractivity contribution in [3.05, 3.63) is 52.8 Å². The fraction of sp³-hybridized carbons (Fsp3) is 0.481. The smallest absolute Gasteiger partial charge is 0.319 e. The summed E-state index contributed by atoms with van der Waals surface area (Å²) in [5.74, 6) is -1.34. The number of carbonyl (C=O) groups is 2. The van der Waals surface area contributed by atoms with Crippen LogP contribution in [0.5, 0.6) is 5.75 Å². The predicted molar refractivity (Wildman–Crippen MR) is 146 cm³/mol. The zero-order valence-electron chi connectivity index (χ0n) is 21.7. The number of halogens is 2. The third-order valence-electron chi connectivity index (χ3n) is 6.32. The number of benzene rings is 2. The third-order valence-corrected chi connectivity index (χ3v) is 6.88. The maximum Gasteiger partial charge on any atom is 0.319 e. The first-order valence-electron chi connectivity index (χ1n) is 12.7. The summed E-state index contributed by atoms with van der Waals surface area (Å²) >= 11 is 5.84. The van der Waals surface area contributed by atoms with Crippen LogP contribution < -0.4 is 15.0 Å². The highest BCUT2D eigenvalue weighted by Crippen LogP contribution is 2.36. The van der Waals surface area contributed by atoms with E-state index < -0.39 is 34.2 Å². The molecular weight excluding hydrogens is 533 g/mol. The van der Waals surface area contributed by atoms with Crippen molar-refractivity contribution < 1.29 is 27.1 Å². The van der Waals surface area contributed by atoms with Crippen LogP contribution in [-0.4, -0.2) is 38.9 Å². The van der Waals surface area contributed by atoms with Gasteiger partial charge < -0.3 is 15.0 Å². The van der Waals surface area contributed by atoms with E-state index in [1.807, 2.05) is 6.07 Å². The monoisotopic (exact) mass is 565 g/mol. The van der Waals surface area contributed by atoms with Crippen LogP contribution >= 0.6 is 11.6 Å². The second kappa shape index (κ2) is 13.7. The standard InChI is InChI=1S/C27H33ClFN3O5S/c1-17(2)16-32(21-7-5-4-6-8-21)25-12-11-22(37-18(3)27(34)31-38(35)36)15-24(25)30-26(33)13-19-9-10-20(28)14-23(19)29/h9-12,14-15,17-18,21H,4-8,13,16H2,1-3H3,(H,30,33). The first-order valence-corrected chi connectivity index (χ1v) is 14.1. The summed E-state index contributed by atoms with van der Waals surface area (Å²) in [7, 11) is -2.89. The molecule has 1 atom stereocenters. The Hall–Kier alpha value is -2.98. The predicted octanol–water partition coefficient (Wildman–Crippen LogP) is 5.81. The van der Waals surface area contributed by atoms with Gasteiger partial charge in [-0.2, -0.15) is 8.42 Å². The van der Waals surface area contributed by atoms with E-state index in [1.165, 1.54) is 25.5 Å². The Morgan fingerprint density at radius 3 is 2.47 bits per heavy atom. The average molecular weight is 566 g/mol. The van der Waals surface area contributed by atoms with Crippen molar-refractivity contribution in [1.29, 1.82) is 0 Å². The molecule has 0 aliphatic heterocycles. The minimum Gasteiger partial charge on any atom is -0.481 e. The molecule has 1 unspecified atom stereocenters. The number of nitrogens with one attached hydrogen (secondary N) is 1. The van der Waals surface area contributed by atoms with Gasteiger partial charge in [0.15, 0.2) is 6.10 Å². The summed E-state index contributed by atoms with van der Waals surface area (Å²) in [6, 6.07) is 9.56. The Labute approximate surface area is 229 Å². The summed E-state index contributed by atoms with van der Waals surface area (Å²) < 4.78 is 44.5. The molecular formula is C27H33ClFN3O5S. The first kappa shape index (κ1) is 29.6. The molecule has 8 nitrogen and oxygen atoms in total. The minimum atomic E-state index is -2.89. The minimum absolute atomic E-state index is 0.204. The zero-order chi connectivity index (χ0) is 27.8. The van der Waals surface area contributed by atoms with Crippen molar-refractivity contribution in [2.75, 3.05) is 16.8 Å². The lowest BCUT2D eigenvalue weighted by Crippen LogP contribution is -2.40. The highest BCUT2D eigenvalue weighted by atomic mass is 35.5. The molecule has 2 aromatic rings. The molecule has 0 aromatic heterocycles. The number of rotatable bonds is 10. The average Bonchev–Trinajstić information content (AvgIpc) is 2.84. The van der Waals surface area contributed by atoms with Crippen LogP contribution in [0, 0.1) is 11.7 Å². The molecule has 1 aliphatic rings. The Bertz CT molecular complexity index is 1290. The number of nitrogens with zero attached hydrogens (tertiary/aromatic N) is 2. The number of hydrogen-bond donors (Lipinski definition) is 1.